The van der Waals surface area contributed by atoms with Crippen LogP contribution in [0.1, 0.15) is 10.4 Å². The summed E-state index contributed by atoms with van der Waals surface area (Å²) in [5.74, 6) is 0. The first-order valence-electron chi connectivity index (χ1n) is 8.70. The molecular formula is C22H13ClN2OS. The molecule has 2 aromatic heterocycles. The van der Waals surface area contributed by atoms with Gasteiger partial charge < -0.3 is 9.73 Å². The summed E-state index contributed by atoms with van der Waals surface area (Å²) in [7, 11) is 0. The van der Waals surface area contributed by atoms with Crippen LogP contribution in [0.2, 0.25) is 0 Å². The van der Waals surface area contributed by atoms with E-state index in [4.69, 9.17) is 16.0 Å². The monoisotopic (exact) mass is 388 g/mol. The van der Waals surface area contributed by atoms with Crippen molar-refractivity contribution in [3.05, 3.63) is 77.2 Å². The van der Waals surface area contributed by atoms with Gasteiger partial charge in [-0.1, -0.05) is 54.1 Å². The van der Waals surface area contributed by atoms with Gasteiger partial charge in [0.15, 0.2) is 5.62 Å². The van der Waals surface area contributed by atoms with E-state index in [2.05, 4.69) is 52.8 Å². The highest BCUT2D eigenvalue weighted by molar-refractivity contribution is 7.22. The Morgan fingerprint density at radius 2 is 1.67 bits per heavy atom. The zero-order chi connectivity index (χ0) is 18.0. The van der Waals surface area contributed by atoms with E-state index in [1.165, 1.54) is 10.1 Å². The van der Waals surface area contributed by atoms with Crippen molar-refractivity contribution in [1.29, 1.82) is 0 Å². The molecule has 6 rings (SSSR count). The number of furan rings is 1. The molecule has 0 spiro atoms. The fraction of sp³-hybridized carbons (Fsp3) is 0.0455. The normalized spacial score (nSPS) is 16.5. The van der Waals surface area contributed by atoms with Gasteiger partial charge in [0.25, 0.3) is 0 Å². The molecule has 3 aromatic carbocycles. The van der Waals surface area contributed by atoms with Crippen molar-refractivity contribution >= 4 is 66.4 Å². The fourth-order valence-corrected chi connectivity index (χ4v) is 5.15. The molecule has 5 heteroatoms. The molecule has 1 unspecified atom stereocenters. The average Bonchev–Trinajstić information content (AvgIpc) is 3.25. The van der Waals surface area contributed by atoms with Crippen molar-refractivity contribution in [2.75, 3.05) is 5.32 Å². The predicted molar refractivity (Wildman–Crippen MR) is 114 cm³/mol. The minimum atomic E-state index is -0.489. The molecule has 0 aliphatic carbocycles. The molecular weight excluding hydrogens is 376 g/mol. The summed E-state index contributed by atoms with van der Waals surface area (Å²) in [6, 6.07) is 22.7. The van der Waals surface area contributed by atoms with Gasteiger partial charge in [-0.2, -0.15) is 0 Å². The number of aliphatic imine (C=N–C) groups is 1. The van der Waals surface area contributed by atoms with Crippen molar-refractivity contribution in [2.45, 2.75) is 5.62 Å². The average molecular weight is 389 g/mol. The largest absolute Gasteiger partial charge is 0.456 e. The van der Waals surface area contributed by atoms with Crippen molar-refractivity contribution in [3.63, 3.8) is 0 Å². The summed E-state index contributed by atoms with van der Waals surface area (Å²) in [5, 5.41) is 6.73. The highest BCUT2D eigenvalue weighted by Crippen LogP contribution is 2.41. The first-order chi connectivity index (χ1) is 13.3. The maximum absolute atomic E-state index is 6.41. The van der Waals surface area contributed by atoms with Crippen LogP contribution < -0.4 is 5.32 Å². The number of nitrogens with zero attached hydrogens (tertiary/aromatic N) is 1. The number of anilines is 1. The van der Waals surface area contributed by atoms with Gasteiger partial charge >= 0.3 is 0 Å². The molecule has 130 valence electrons. The Morgan fingerprint density at radius 1 is 0.889 bits per heavy atom. The number of nitrogens with one attached hydrogen (secondary N) is 1. The summed E-state index contributed by atoms with van der Waals surface area (Å²) in [5.41, 5.74) is 4.26. The number of hydrogen-bond acceptors (Lipinski definition) is 4. The van der Waals surface area contributed by atoms with E-state index in [0.717, 1.165) is 43.8 Å². The molecule has 3 nitrogen and oxygen atoms in total. The van der Waals surface area contributed by atoms with E-state index in [-0.39, 0.29) is 0 Å². The second kappa shape index (κ2) is 5.59. The molecule has 3 heterocycles. The number of halogens is 1. The number of thiophene rings is 1. The van der Waals surface area contributed by atoms with E-state index in [9.17, 15) is 0 Å². The molecule has 1 N–H and O–H groups in total. The number of rotatable bonds is 1. The topological polar surface area (TPSA) is 37.5 Å². The van der Waals surface area contributed by atoms with Gasteiger partial charge in [0.1, 0.15) is 11.2 Å². The molecule has 0 amide bonds. The minimum absolute atomic E-state index is 0.489. The Balaban J connectivity index is 1.59. The summed E-state index contributed by atoms with van der Waals surface area (Å²) in [6.45, 7) is 0. The first-order valence-corrected chi connectivity index (χ1v) is 9.95. The quantitative estimate of drug-likeness (QED) is 0.260. The molecule has 1 aliphatic heterocycles. The number of fused-ring (bicyclic) bond motifs is 6. The fourth-order valence-electron chi connectivity index (χ4n) is 3.76. The highest BCUT2D eigenvalue weighted by atomic mass is 35.5. The van der Waals surface area contributed by atoms with Crippen LogP contribution in [-0.4, -0.2) is 11.3 Å². The van der Waals surface area contributed by atoms with Crippen LogP contribution in [0.4, 0.5) is 5.69 Å². The van der Waals surface area contributed by atoms with Gasteiger partial charge in [-0.25, -0.2) is 4.99 Å². The Morgan fingerprint density at radius 3 is 2.59 bits per heavy atom. The lowest BCUT2D eigenvalue weighted by Crippen LogP contribution is -2.20. The third-order valence-corrected chi connectivity index (χ3v) is 6.35. The zero-order valence-corrected chi connectivity index (χ0v) is 15.6. The summed E-state index contributed by atoms with van der Waals surface area (Å²) >= 11 is 8.14. The standard InChI is InChI=1S/C22H13ClN2OS/c23-22-24-19(21-20(25-22)15-6-2-4-8-18(15)27-21)12-9-10-14-13-5-1-3-7-16(13)26-17(14)11-12/h1-11,22,25H. The molecule has 0 saturated heterocycles. The van der Waals surface area contributed by atoms with E-state index < -0.39 is 5.62 Å². The zero-order valence-electron chi connectivity index (χ0n) is 14.1. The van der Waals surface area contributed by atoms with E-state index >= 15 is 0 Å². The Bertz CT molecular complexity index is 1380. The van der Waals surface area contributed by atoms with Crippen LogP contribution in [-0.2, 0) is 0 Å². The van der Waals surface area contributed by atoms with E-state index in [0.29, 0.717) is 0 Å². The summed E-state index contributed by atoms with van der Waals surface area (Å²) in [4.78, 5) is 5.80. The lowest BCUT2D eigenvalue weighted by Gasteiger charge is -2.19. The second-order valence-corrected chi connectivity index (χ2v) is 8.03. The van der Waals surface area contributed by atoms with Crippen LogP contribution in [0.15, 0.2) is 76.1 Å². The van der Waals surface area contributed by atoms with E-state index in [1.54, 1.807) is 11.3 Å². The van der Waals surface area contributed by atoms with Gasteiger partial charge in [-0.05, 0) is 24.3 Å². The molecule has 1 atom stereocenters. The number of alkyl halides is 1. The summed E-state index contributed by atoms with van der Waals surface area (Å²) < 4.78 is 7.28. The predicted octanol–water partition coefficient (Wildman–Crippen LogP) is 6.59. The van der Waals surface area contributed by atoms with Crippen LogP contribution in [0, 0.1) is 0 Å². The number of hydrogen-bond donors (Lipinski definition) is 1. The second-order valence-electron chi connectivity index (χ2n) is 6.57. The maximum atomic E-state index is 6.41. The van der Waals surface area contributed by atoms with Crippen LogP contribution in [0.25, 0.3) is 32.0 Å². The van der Waals surface area contributed by atoms with Crippen molar-refractivity contribution in [2.24, 2.45) is 4.99 Å². The smallest absolute Gasteiger partial charge is 0.196 e. The summed E-state index contributed by atoms with van der Waals surface area (Å²) in [6.07, 6.45) is 0. The number of benzene rings is 3. The van der Waals surface area contributed by atoms with Crippen molar-refractivity contribution in [1.82, 2.24) is 0 Å². The minimum Gasteiger partial charge on any atom is -0.456 e. The molecule has 0 bridgehead atoms. The van der Waals surface area contributed by atoms with Crippen LogP contribution in [0.5, 0.6) is 0 Å². The first kappa shape index (κ1) is 15.3. The molecule has 0 fully saturated rings. The lowest BCUT2D eigenvalue weighted by molar-refractivity contribution is 0.669. The third kappa shape index (κ3) is 2.24. The SMILES string of the molecule is ClC1N=C(c2ccc3c(c2)oc2ccccc23)c2sc3ccccc3c2N1. The van der Waals surface area contributed by atoms with Crippen LogP contribution in [0.3, 0.4) is 0 Å². The third-order valence-electron chi connectivity index (χ3n) is 4.97. The van der Waals surface area contributed by atoms with Gasteiger partial charge in [0, 0.05) is 26.4 Å². The Hall–Kier alpha value is -2.82. The van der Waals surface area contributed by atoms with Crippen LogP contribution >= 0.6 is 22.9 Å². The van der Waals surface area contributed by atoms with Gasteiger partial charge in [0.2, 0.25) is 0 Å². The van der Waals surface area contributed by atoms with Gasteiger partial charge in [-0.3, -0.25) is 0 Å². The Kier molecular flexibility index (Phi) is 3.16. The van der Waals surface area contributed by atoms with Crippen molar-refractivity contribution < 1.29 is 4.42 Å². The maximum Gasteiger partial charge on any atom is 0.196 e. The Labute approximate surface area is 163 Å². The molecule has 5 aromatic rings. The molecule has 0 radical (unpaired) electrons. The van der Waals surface area contributed by atoms with E-state index in [1.807, 2.05) is 24.3 Å². The highest BCUT2D eigenvalue weighted by Gasteiger charge is 2.25. The number of para-hydroxylation sites is 1. The molecule has 1 aliphatic rings. The molecule has 0 saturated carbocycles. The lowest BCUT2D eigenvalue weighted by atomic mass is 10.0. The van der Waals surface area contributed by atoms with Gasteiger partial charge in [-0.15, -0.1) is 11.3 Å². The van der Waals surface area contributed by atoms with Crippen molar-refractivity contribution in [3.8, 4) is 0 Å². The molecule has 27 heavy (non-hydrogen) atoms. The van der Waals surface area contributed by atoms with Gasteiger partial charge in [0.05, 0.1) is 16.3 Å².